The summed E-state index contributed by atoms with van der Waals surface area (Å²) in [5.41, 5.74) is 22.2. The highest BCUT2D eigenvalue weighted by molar-refractivity contribution is 6.26. The molecule has 0 aliphatic heterocycles. The van der Waals surface area contributed by atoms with Gasteiger partial charge in [0.15, 0.2) is 0 Å². The fraction of sp³-hybridized carbons (Fsp3) is 0.0351. The molecule has 1 spiro atoms. The third kappa shape index (κ3) is 4.50. The van der Waals surface area contributed by atoms with Crippen LogP contribution in [0.5, 0.6) is 0 Å². The number of hydrogen-bond acceptors (Lipinski definition) is 3. The van der Waals surface area contributed by atoms with Gasteiger partial charge in [0.05, 0.1) is 17.2 Å². The van der Waals surface area contributed by atoms with Crippen molar-refractivity contribution in [1.29, 1.82) is 0 Å². The molecular formula is C57H36N2O. The number of furan rings is 1. The lowest BCUT2D eigenvalue weighted by Crippen LogP contribution is -2.26. The molecule has 0 amide bonds. The summed E-state index contributed by atoms with van der Waals surface area (Å²) >= 11 is 0. The molecule has 3 aliphatic rings. The number of hydrogen-bond donors (Lipinski definition) is 1. The lowest BCUT2D eigenvalue weighted by molar-refractivity contribution is 0.669. The van der Waals surface area contributed by atoms with Crippen LogP contribution in [0, 0.1) is 0 Å². The number of allylic oxidation sites excluding steroid dienone is 2. The van der Waals surface area contributed by atoms with Crippen molar-refractivity contribution < 1.29 is 4.42 Å². The average Bonchev–Trinajstić information content (AvgIpc) is 3.92. The van der Waals surface area contributed by atoms with E-state index in [1.807, 2.05) is 36.6 Å². The molecule has 0 saturated carbocycles. The van der Waals surface area contributed by atoms with Gasteiger partial charge in [0.2, 0.25) is 0 Å². The van der Waals surface area contributed by atoms with Crippen LogP contribution < -0.4 is 5.73 Å². The lowest BCUT2D eigenvalue weighted by atomic mass is 9.70. The van der Waals surface area contributed by atoms with Gasteiger partial charge in [-0.1, -0.05) is 152 Å². The highest BCUT2D eigenvalue weighted by Crippen LogP contribution is 2.63. The summed E-state index contributed by atoms with van der Waals surface area (Å²) in [5, 5.41) is 9.84. The predicted octanol–water partition coefficient (Wildman–Crippen LogP) is 13.7. The Balaban J connectivity index is 1.04. The molecule has 0 radical (unpaired) electrons. The van der Waals surface area contributed by atoms with Crippen LogP contribution in [0.1, 0.15) is 33.4 Å². The third-order valence-electron chi connectivity index (χ3n) is 13.3. The highest BCUT2D eigenvalue weighted by Gasteiger charge is 2.51. The molecule has 2 N–H and O–H groups in total. The van der Waals surface area contributed by atoms with E-state index >= 15 is 0 Å². The largest absolute Gasteiger partial charge is 0.456 e. The second kappa shape index (κ2) is 12.5. The first-order chi connectivity index (χ1) is 29.7. The summed E-state index contributed by atoms with van der Waals surface area (Å²) in [6.45, 7) is 0. The summed E-state index contributed by atoms with van der Waals surface area (Å²) < 4.78 is 6.21. The highest BCUT2D eigenvalue weighted by atomic mass is 16.3. The molecule has 0 fully saturated rings. The molecule has 3 heteroatoms. The van der Waals surface area contributed by atoms with E-state index in [9.17, 15) is 0 Å². The van der Waals surface area contributed by atoms with Crippen LogP contribution >= 0.6 is 0 Å². The summed E-state index contributed by atoms with van der Waals surface area (Å²) in [6, 6.07) is 62.0. The summed E-state index contributed by atoms with van der Waals surface area (Å²) in [7, 11) is 0. The van der Waals surface area contributed by atoms with Crippen LogP contribution in [-0.2, 0) is 5.41 Å². The van der Waals surface area contributed by atoms with E-state index in [2.05, 4.69) is 164 Å². The lowest BCUT2D eigenvalue weighted by Gasteiger charge is -2.31. The Labute approximate surface area is 346 Å². The summed E-state index contributed by atoms with van der Waals surface area (Å²) in [6.07, 6.45) is 10.2. The zero-order valence-corrected chi connectivity index (χ0v) is 32.6. The monoisotopic (exact) mass is 764 g/mol. The molecule has 60 heavy (non-hydrogen) atoms. The zero-order valence-electron chi connectivity index (χ0n) is 32.6. The number of rotatable bonds is 3. The molecule has 9 aromatic carbocycles. The maximum atomic E-state index is 6.78. The third-order valence-corrected chi connectivity index (χ3v) is 13.3. The minimum absolute atomic E-state index is 0.286. The van der Waals surface area contributed by atoms with E-state index in [1.54, 1.807) is 0 Å². The Hall–Kier alpha value is -7.59. The molecule has 1 heterocycles. The number of fused-ring (bicyclic) bond motifs is 19. The van der Waals surface area contributed by atoms with Crippen LogP contribution in [-0.4, -0.2) is 12.3 Å². The van der Waals surface area contributed by atoms with E-state index in [4.69, 9.17) is 15.1 Å². The molecule has 2 unspecified atom stereocenters. The predicted molar refractivity (Wildman–Crippen MR) is 250 cm³/mol. The Bertz CT molecular complexity index is 3630. The SMILES string of the molecule is NC1C=CC=C/C1=C(/N=C/c1ccc2c(c1)C1(c3ccccc3-2)c2ccccc2-c2cc3c4ccccc4c4ccccc4c3cc21)c1ccc2oc3ccccc3c2c1. The van der Waals surface area contributed by atoms with E-state index in [1.165, 1.54) is 76.8 Å². The van der Waals surface area contributed by atoms with Gasteiger partial charge in [-0.15, -0.1) is 0 Å². The van der Waals surface area contributed by atoms with Crippen molar-refractivity contribution >= 4 is 66.2 Å². The van der Waals surface area contributed by atoms with Gasteiger partial charge in [0, 0.05) is 22.6 Å². The van der Waals surface area contributed by atoms with Crippen LogP contribution in [0.15, 0.2) is 209 Å². The number of nitrogens with two attached hydrogens (primary N) is 1. The fourth-order valence-electron chi connectivity index (χ4n) is 10.8. The molecule has 1 aromatic heterocycles. The van der Waals surface area contributed by atoms with Gasteiger partial charge in [0.1, 0.15) is 11.2 Å². The molecule has 0 saturated heterocycles. The first-order valence-corrected chi connectivity index (χ1v) is 20.7. The number of nitrogens with zero attached hydrogens (tertiary/aromatic N) is 1. The van der Waals surface area contributed by atoms with Crippen LogP contribution in [0.3, 0.4) is 0 Å². The topological polar surface area (TPSA) is 51.5 Å². The smallest absolute Gasteiger partial charge is 0.135 e. The quantitative estimate of drug-likeness (QED) is 0.144. The molecule has 10 aromatic rings. The first kappa shape index (κ1) is 33.4. The average molecular weight is 765 g/mol. The van der Waals surface area contributed by atoms with Crippen molar-refractivity contribution in [2.45, 2.75) is 11.5 Å². The molecule has 13 rings (SSSR count). The molecule has 3 nitrogen and oxygen atoms in total. The van der Waals surface area contributed by atoms with Gasteiger partial charge in [0.25, 0.3) is 0 Å². The van der Waals surface area contributed by atoms with Crippen LogP contribution in [0.2, 0.25) is 0 Å². The minimum Gasteiger partial charge on any atom is -0.456 e. The standard InChI is InChI=1S/C57H36N2O/c58-53-23-11-7-20-44(53)56(35-26-28-55-48(30-35)43-19-8-12-24-54(43)60-55)59-33-34-25-27-42-40-17-5-9-21-49(40)57(51(42)29-34)50-22-10-6-18-41(50)47-31-45-38-15-3-1-13-36(38)37-14-2-4-16-39(37)46(45)32-52(47)57/h1-33,53H,58H2/b56-44-,59-33+. The second-order valence-electron chi connectivity index (χ2n) is 16.3. The van der Waals surface area contributed by atoms with Crippen LogP contribution in [0.4, 0.5) is 0 Å². The normalized spacial score (nSPS) is 18.3. The van der Waals surface area contributed by atoms with E-state index in [0.29, 0.717) is 0 Å². The van der Waals surface area contributed by atoms with Crippen molar-refractivity contribution in [3.8, 4) is 22.3 Å². The van der Waals surface area contributed by atoms with Crippen molar-refractivity contribution in [3.63, 3.8) is 0 Å². The summed E-state index contributed by atoms with van der Waals surface area (Å²) in [5.74, 6) is 0. The Morgan fingerprint density at radius 2 is 1.07 bits per heavy atom. The molecule has 3 aliphatic carbocycles. The fourth-order valence-corrected chi connectivity index (χ4v) is 10.8. The first-order valence-electron chi connectivity index (χ1n) is 20.7. The van der Waals surface area contributed by atoms with Gasteiger partial charge in [-0.2, -0.15) is 0 Å². The van der Waals surface area contributed by atoms with Gasteiger partial charge in [-0.3, -0.25) is 4.99 Å². The Morgan fingerprint density at radius 1 is 0.483 bits per heavy atom. The van der Waals surface area contributed by atoms with E-state index < -0.39 is 5.41 Å². The second-order valence-corrected chi connectivity index (χ2v) is 16.3. The Kier molecular flexibility index (Phi) is 6.93. The maximum absolute atomic E-state index is 6.78. The number of para-hydroxylation sites is 1. The van der Waals surface area contributed by atoms with E-state index in [-0.39, 0.29) is 6.04 Å². The maximum Gasteiger partial charge on any atom is 0.135 e. The molecule has 280 valence electrons. The van der Waals surface area contributed by atoms with Gasteiger partial charge >= 0.3 is 0 Å². The minimum atomic E-state index is -0.517. The van der Waals surface area contributed by atoms with Gasteiger partial charge in [-0.25, -0.2) is 0 Å². The number of benzene rings is 9. The Morgan fingerprint density at radius 3 is 1.80 bits per heavy atom. The molecule has 2 atom stereocenters. The molecule has 0 bridgehead atoms. The van der Waals surface area contributed by atoms with Crippen molar-refractivity contribution in [2.75, 3.05) is 0 Å². The van der Waals surface area contributed by atoms with Crippen molar-refractivity contribution in [1.82, 2.24) is 0 Å². The van der Waals surface area contributed by atoms with Crippen LogP contribution in [0.25, 0.3) is 82.2 Å². The number of aliphatic imine (C=N–C) groups is 1. The van der Waals surface area contributed by atoms with Gasteiger partial charge in [-0.05, 0) is 130 Å². The van der Waals surface area contributed by atoms with E-state index in [0.717, 1.165) is 44.3 Å². The van der Waals surface area contributed by atoms with Crippen molar-refractivity contribution in [2.24, 2.45) is 10.7 Å². The zero-order chi connectivity index (χ0) is 39.5. The van der Waals surface area contributed by atoms with Gasteiger partial charge < -0.3 is 10.2 Å². The van der Waals surface area contributed by atoms with Crippen molar-refractivity contribution in [3.05, 3.63) is 233 Å². The summed E-state index contributed by atoms with van der Waals surface area (Å²) in [4.78, 5) is 5.35. The molecular weight excluding hydrogens is 729 g/mol.